The van der Waals surface area contributed by atoms with E-state index in [0.717, 1.165) is 5.92 Å². The van der Waals surface area contributed by atoms with Gasteiger partial charge in [-0.05, 0) is 41.9 Å². The number of rotatable bonds is 2. The highest BCUT2D eigenvalue weighted by atomic mass is 16.5. The Labute approximate surface area is 92.4 Å². The summed E-state index contributed by atoms with van der Waals surface area (Å²) in [5.74, 6) is 1.21. The summed E-state index contributed by atoms with van der Waals surface area (Å²) in [7, 11) is 0. The van der Waals surface area contributed by atoms with Crippen LogP contribution in [0.5, 0.6) is 0 Å². The molecule has 0 saturated heterocycles. The highest BCUT2D eigenvalue weighted by molar-refractivity contribution is 5.65. The van der Waals surface area contributed by atoms with Crippen LogP contribution < -0.4 is 0 Å². The summed E-state index contributed by atoms with van der Waals surface area (Å²) < 4.78 is 5.18. The van der Waals surface area contributed by atoms with Crippen molar-refractivity contribution in [3.8, 4) is 0 Å². The molecular formula is C13H22O2. The van der Waals surface area contributed by atoms with Gasteiger partial charge in [0.15, 0.2) is 0 Å². The lowest BCUT2D eigenvalue weighted by Gasteiger charge is -2.34. The Morgan fingerprint density at radius 3 is 2.47 bits per heavy atom. The minimum Gasteiger partial charge on any atom is -0.466 e. The van der Waals surface area contributed by atoms with Crippen LogP contribution in [-0.2, 0) is 9.53 Å². The molecule has 0 radical (unpaired) electrons. The summed E-state index contributed by atoms with van der Waals surface area (Å²) in [6, 6.07) is 0. The third kappa shape index (κ3) is 1.49. The van der Waals surface area contributed by atoms with Crippen LogP contribution in [0.2, 0.25) is 0 Å². The van der Waals surface area contributed by atoms with Crippen molar-refractivity contribution in [2.24, 2.45) is 22.7 Å². The molecule has 3 unspecified atom stereocenters. The van der Waals surface area contributed by atoms with Crippen molar-refractivity contribution in [3.63, 3.8) is 0 Å². The molecule has 0 aliphatic heterocycles. The quantitative estimate of drug-likeness (QED) is 0.655. The number of ether oxygens (including phenoxy) is 1. The van der Waals surface area contributed by atoms with E-state index in [1.165, 1.54) is 26.2 Å². The zero-order chi connectivity index (χ0) is 11.3. The highest BCUT2D eigenvalue weighted by Crippen LogP contribution is 2.67. The van der Waals surface area contributed by atoms with Gasteiger partial charge in [-0.2, -0.15) is 0 Å². The molecule has 0 spiro atoms. The summed E-state index contributed by atoms with van der Waals surface area (Å²) in [4.78, 5) is 10.8. The number of hydrogen-bond acceptors (Lipinski definition) is 2. The van der Waals surface area contributed by atoms with Gasteiger partial charge in [0, 0.05) is 6.92 Å². The molecule has 2 nitrogen and oxygen atoms in total. The van der Waals surface area contributed by atoms with Crippen LogP contribution in [0, 0.1) is 22.7 Å². The molecule has 0 heterocycles. The minimum atomic E-state index is -0.138. The molecule has 0 aromatic carbocycles. The molecule has 3 atom stereocenters. The minimum absolute atomic E-state index is 0.138. The molecule has 0 amide bonds. The van der Waals surface area contributed by atoms with E-state index >= 15 is 0 Å². The van der Waals surface area contributed by atoms with Gasteiger partial charge in [0.2, 0.25) is 0 Å². The smallest absolute Gasteiger partial charge is 0.302 e. The fraction of sp³-hybridized carbons (Fsp3) is 0.923. The molecule has 15 heavy (non-hydrogen) atoms. The Balaban J connectivity index is 2.05. The molecule has 2 heteroatoms. The molecule has 2 bridgehead atoms. The first-order chi connectivity index (χ1) is 6.87. The highest BCUT2D eigenvalue weighted by Gasteiger charge is 2.60. The van der Waals surface area contributed by atoms with Gasteiger partial charge in [0.1, 0.15) is 0 Å². The van der Waals surface area contributed by atoms with E-state index in [1.54, 1.807) is 0 Å². The third-order valence-corrected chi connectivity index (χ3v) is 5.27. The second-order valence-electron chi connectivity index (χ2n) is 6.19. The third-order valence-electron chi connectivity index (χ3n) is 5.27. The van der Waals surface area contributed by atoms with Gasteiger partial charge in [0.05, 0.1) is 6.61 Å². The van der Waals surface area contributed by atoms with Crippen LogP contribution in [0.15, 0.2) is 0 Å². The van der Waals surface area contributed by atoms with Crippen LogP contribution in [0.1, 0.15) is 47.0 Å². The van der Waals surface area contributed by atoms with Gasteiger partial charge in [-0.3, -0.25) is 4.79 Å². The van der Waals surface area contributed by atoms with E-state index in [4.69, 9.17) is 4.74 Å². The predicted octanol–water partition coefficient (Wildman–Crippen LogP) is 3.01. The van der Waals surface area contributed by atoms with Gasteiger partial charge < -0.3 is 4.74 Å². The molecule has 0 aromatic heterocycles. The van der Waals surface area contributed by atoms with Crippen LogP contribution >= 0.6 is 0 Å². The normalized spacial score (nSPS) is 41.9. The Hall–Kier alpha value is -0.530. The first-order valence-electron chi connectivity index (χ1n) is 6.00. The largest absolute Gasteiger partial charge is 0.466 e. The van der Waals surface area contributed by atoms with Crippen molar-refractivity contribution < 1.29 is 9.53 Å². The molecule has 0 aromatic rings. The molecule has 2 saturated carbocycles. The number of esters is 1. The molecule has 2 aliphatic carbocycles. The van der Waals surface area contributed by atoms with Crippen LogP contribution in [0.4, 0.5) is 0 Å². The molecule has 2 aliphatic rings. The Morgan fingerprint density at radius 2 is 2.07 bits per heavy atom. The number of hydrogen-bond donors (Lipinski definition) is 0. The molecular weight excluding hydrogens is 188 g/mol. The summed E-state index contributed by atoms with van der Waals surface area (Å²) >= 11 is 0. The lowest BCUT2D eigenvalue weighted by molar-refractivity contribution is -0.143. The van der Waals surface area contributed by atoms with Crippen LogP contribution in [-0.4, -0.2) is 12.6 Å². The SMILES string of the molecule is CC(=O)OCC1CC2(C)CCC1C2(C)C. The van der Waals surface area contributed by atoms with Crippen molar-refractivity contribution in [2.45, 2.75) is 47.0 Å². The zero-order valence-electron chi connectivity index (χ0n) is 10.3. The average Bonchev–Trinajstić information content (AvgIpc) is 2.45. The first-order valence-corrected chi connectivity index (χ1v) is 6.00. The Morgan fingerprint density at radius 1 is 1.40 bits per heavy atom. The van der Waals surface area contributed by atoms with Gasteiger partial charge in [0.25, 0.3) is 0 Å². The van der Waals surface area contributed by atoms with Crippen molar-refractivity contribution in [3.05, 3.63) is 0 Å². The Kier molecular flexibility index (Phi) is 2.36. The predicted molar refractivity (Wildman–Crippen MR) is 59.4 cm³/mol. The van der Waals surface area contributed by atoms with Crippen molar-refractivity contribution in [1.29, 1.82) is 0 Å². The van der Waals surface area contributed by atoms with E-state index in [-0.39, 0.29) is 5.97 Å². The summed E-state index contributed by atoms with van der Waals surface area (Å²) in [5.41, 5.74) is 0.903. The lowest BCUT2D eigenvalue weighted by atomic mass is 9.71. The van der Waals surface area contributed by atoms with E-state index in [2.05, 4.69) is 20.8 Å². The van der Waals surface area contributed by atoms with Crippen molar-refractivity contribution in [2.75, 3.05) is 6.61 Å². The average molecular weight is 210 g/mol. The molecule has 2 fully saturated rings. The number of carbonyl (C=O) groups excluding carboxylic acids is 1. The summed E-state index contributed by atoms with van der Waals surface area (Å²) in [6.45, 7) is 9.32. The molecule has 2 rings (SSSR count). The maximum absolute atomic E-state index is 10.8. The first kappa shape index (κ1) is 11.0. The fourth-order valence-electron chi connectivity index (χ4n) is 3.92. The van der Waals surface area contributed by atoms with Crippen molar-refractivity contribution >= 4 is 5.97 Å². The second kappa shape index (κ2) is 3.23. The molecule has 0 N–H and O–H groups in total. The Bertz CT molecular complexity index is 280. The summed E-state index contributed by atoms with van der Waals surface area (Å²) in [5, 5.41) is 0. The summed E-state index contributed by atoms with van der Waals surface area (Å²) in [6.07, 6.45) is 3.90. The van der Waals surface area contributed by atoms with Gasteiger partial charge in [-0.25, -0.2) is 0 Å². The maximum Gasteiger partial charge on any atom is 0.302 e. The second-order valence-corrected chi connectivity index (χ2v) is 6.19. The van der Waals surface area contributed by atoms with Crippen LogP contribution in [0.3, 0.4) is 0 Å². The number of fused-ring (bicyclic) bond motifs is 2. The monoisotopic (exact) mass is 210 g/mol. The molecule has 86 valence electrons. The van der Waals surface area contributed by atoms with Crippen LogP contribution in [0.25, 0.3) is 0 Å². The fourth-order valence-corrected chi connectivity index (χ4v) is 3.92. The van der Waals surface area contributed by atoms with E-state index in [1.807, 2.05) is 0 Å². The van der Waals surface area contributed by atoms with Crippen molar-refractivity contribution in [1.82, 2.24) is 0 Å². The number of carbonyl (C=O) groups is 1. The van der Waals surface area contributed by atoms with Gasteiger partial charge in [-0.15, -0.1) is 0 Å². The topological polar surface area (TPSA) is 26.3 Å². The van der Waals surface area contributed by atoms with E-state index < -0.39 is 0 Å². The van der Waals surface area contributed by atoms with Gasteiger partial charge >= 0.3 is 5.97 Å². The van der Waals surface area contributed by atoms with E-state index in [9.17, 15) is 4.79 Å². The van der Waals surface area contributed by atoms with E-state index in [0.29, 0.717) is 23.4 Å². The standard InChI is InChI=1S/C13H22O2/c1-9(14)15-8-10-7-13(4)6-5-11(10)12(13,2)3/h10-11H,5-8H2,1-4H3. The maximum atomic E-state index is 10.8. The zero-order valence-corrected chi connectivity index (χ0v) is 10.3. The lowest BCUT2D eigenvalue weighted by Crippen LogP contribution is -2.26. The van der Waals surface area contributed by atoms with Gasteiger partial charge in [-0.1, -0.05) is 20.8 Å².